The largest absolute Gasteiger partial charge is 0.203 e. The van der Waals surface area contributed by atoms with Crippen LogP contribution >= 0.6 is 0 Å². The van der Waals surface area contributed by atoms with Gasteiger partial charge in [-0.1, -0.05) is 25.1 Å². The Morgan fingerprint density at radius 2 is 1.83 bits per heavy atom. The van der Waals surface area contributed by atoms with Crippen LogP contribution in [0.25, 0.3) is 10.8 Å². The predicted molar refractivity (Wildman–Crippen MR) is 97.4 cm³/mol. The first-order chi connectivity index (χ1) is 11.6. The molecule has 0 spiro atoms. The highest BCUT2D eigenvalue weighted by atomic mass is 19.2. The van der Waals surface area contributed by atoms with Crippen molar-refractivity contribution < 1.29 is 8.78 Å². The van der Waals surface area contributed by atoms with Crippen LogP contribution in [0.1, 0.15) is 62.5 Å². The molecular weight excluding hydrogens is 302 g/mol. The highest BCUT2D eigenvalue weighted by Gasteiger charge is 2.26. The van der Waals surface area contributed by atoms with Gasteiger partial charge in [-0.05, 0) is 85.4 Å². The Labute approximate surface area is 143 Å². The Bertz CT molecular complexity index is 724. The second-order valence-corrected chi connectivity index (χ2v) is 7.09. The molecule has 0 heterocycles. The van der Waals surface area contributed by atoms with Gasteiger partial charge in [-0.3, -0.25) is 0 Å². The minimum atomic E-state index is -0.674. The molecule has 1 fully saturated rings. The lowest BCUT2D eigenvalue weighted by Gasteiger charge is -2.29. The van der Waals surface area contributed by atoms with Gasteiger partial charge in [0.05, 0.1) is 0 Å². The van der Waals surface area contributed by atoms with Crippen LogP contribution in [0.5, 0.6) is 0 Å². The van der Waals surface area contributed by atoms with Crippen molar-refractivity contribution in [3.8, 4) is 0 Å². The molecule has 0 radical (unpaired) electrons. The Kier molecular flexibility index (Phi) is 5.33. The van der Waals surface area contributed by atoms with Gasteiger partial charge in [0.2, 0.25) is 0 Å². The van der Waals surface area contributed by atoms with Gasteiger partial charge >= 0.3 is 0 Å². The van der Waals surface area contributed by atoms with Gasteiger partial charge in [-0.15, -0.1) is 6.58 Å². The van der Waals surface area contributed by atoms with Crippen LogP contribution < -0.4 is 0 Å². The van der Waals surface area contributed by atoms with Crippen molar-refractivity contribution in [1.82, 2.24) is 0 Å². The molecule has 0 nitrogen and oxygen atoms in total. The Morgan fingerprint density at radius 1 is 1.08 bits per heavy atom. The third-order valence-corrected chi connectivity index (χ3v) is 5.59. The van der Waals surface area contributed by atoms with Gasteiger partial charge in [0.15, 0.2) is 11.6 Å². The lowest BCUT2D eigenvalue weighted by atomic mass is 9.76. The van der Waals surface area contributed by atoms with E-state index in [0.717, 1.165) is 49.5 Å². The van der Waals surface area contributed by atoms with E-state index < -0.39 is 11.6 Å². The van der Waals surface area contributed by atoms with E-state index in [9.17, 15) is 8.78 Å². The van der Waals surface area contributed by atoms with Crippen LogP contribution in [0.15, 0.2) is 36.9 Å². The summed E-state index contributed by atoms with van der Waals surface area (Å²) in [4.78, 5) is 0. The second kappa shape index (κ2) is 7.46. The minimum absolute atomic E-state index is 0.148. The Balaban J connectivity index is 1.85. The lowest BCUT2D eigenvalue weighted by molar-refractivity contribution is 0.306. The molecule has 128 valence electrons. The summed E-state index contributed by atoms with van der Waals surface area (Å²) in [6, 6.07) is 7.59. The zero-order chi connectivity index (χ0) is 17.1. The van der Waals surface area contributed by atoms with Crippen molar-refractivity contribution in [2.24, 2.45) is 5.92 Å². The van der Waals surface area contributed by atoms with Gasteiger partial charge < -0.3 is 0 Å². The van der Waals surface area contributed by atoms with Gasteiger partial charge in [0.1, 0.15) is 0 Å². The zero-order valence-electron chi connectivity index (χ0n) is 14.5. The van der Waals surface area contributed by atoms with Gasteiger partial charge in [-0.2, -0.15) is 0 Å². The monoisotopic (exact) mass is 328 g/mol. The summed E-state index contributed by atoms with van der Waals surface area (Å²) in [5, 5.41) is 1.23. The summed E-state index contributed by atoms with van der Waals surface area (Å²) in [7, 11) is 0. The molecular formula is C22H26F2. The smallest absolute Gasteiger partial charge is 0.166 e. The van der Waals surface area contributed by atoms with Crippen LogP contribution in [-0.2, 0) is 6.42 Å². The maximum Gasteiger partial charge on any atom is 0.166 e. The molecule has 2 heteroatoms. The third kappa shape index (κ3) is 3.38. The first-order valence-corrected chi connectivity index (χ1v) is 9.15. The minimum Gasteiger partial charge on any atom is -0.203 e. The van der Waals surface area contributed by atoms with Gasteiger partial charge in [0, 0.05) is 5.39 Å². The number of hydrogen-bond donors (Lipinski definition) is 0. The highest BCUT2D eigenvalue weighted by molar-refractivity contribution is 5.84. The van der Waals surface area contributed by atoms with Crippen LogP contribution in [0.4, 0.5) is 8.78 Å². The van der Waals surface area contributed by atoms with Gasteiger partial charge in [-0.25, -0.2) is 8.78 Å². The molecule has 0 unspecified atom stereocenters. The first kappa shape index (κ1) is 17.1. The van der Waals surface area contributed by atoms with E-state index >= 15 is 0 Å². The molecule has 0 aromatic heterocycles. The molecule has 1 aliphatic carbocycles. The summed E-state index contributed by atoms with van der Waals surface area (Å²) < 4.78 is 29.3. The number of allylic oxidation sites excluding steroid dienone is 1. The number of halogens is 2. The number of fused-ring (bicyclic) bond motifs is 1. The van der Waals surface area contributed by atoms with E-state index in [-0.39, 0.29) is 5.92 Å². The number of benzene rings is 2. The number of rotatable bonds is 5. The summed E-state index contributed by atoms with van der Waals surface area (Å²) in [6.07, 6.45) is 9.13. The van der Waals surface area contributed by atoms with Crippen LogP contribution in [0, 0.1) is 17.6 Å². The van der Waals surface area contributed by atoms with Gasteiger partial charge in [0.25, 0.3) is 0 Å². The summed E-state index contributed by atoms with van der Waals surface area (Å²) in [6.45, 7) is 5.80. The van der Waals surface area contributed by atoms with E-state index in [1.807, 2.05) is 31.2 Å². The summed E-state index contributed by atoms with van der Waals surface area (Å²) in [5.74, 6) is -0.452. The summed E-state index contributed by atoms with van der Waals surface area (Å²) in [5.41, 5.74) is 1.61. The molecule has 0 amide bonds. The topological polar surface area (TPSA) is 0 Å². The molecule has 3 rings (SSSR count). The fourth-order valence-corrected chi connectivity index (χ4v) is 4.03. The van der Waals surface area contributed by atoms with Crippen LogP contribution in [0.3, 0.4) is 0 Å². The van der Waals surface area contributed by atoms with Crippen molar-refractivity contribution in [3.63, 3.8) is 0 Å². The van der Waals surface area contributed by atoms with E-state index in [4.69, 9.17) is 0 Å². The highest BCUT2D eigenvalue weighted by Crippen LogP contribution is 2.40. The van der Waals surface area contributed by atoms with E-state index in [2.05, 4.69) is 6.58 Å². The molecule has 2 aromatic rings. The molecule has 1 aliphatic rings. The van der Waals surface area contributed by atoms with Crippen LogP contribution in [-0.4, -0.2) is 0 Å². The molecule has 0 saturated heterocycles. The maximum atomic E-state index is 14.7. The molecule has 1 saturated carbocycles. The second-order valence-electron chi connectivity index (χ2n) is 7.09. The molecule has 0 N–H and O–H groups in total. The Hall–Kier alpha value is -1.70. The van der Waals surface area contributed by atoms with Crippen molar-refractivity contribution in [1.29, 1.82) is 0 Å². The normalized spacial score (nSPS) is 21.1. The maximum absolute atomic E-state index is 14.7. The van der Waals surface area contributed by atoms with Crippen molar-refractivity contribution >= 4 is 10.8 Å². The first-order valence-electron chi connectivity index (χ1n) is 9.15. The number of aryl methyl sites for hydroxylation is 1. The molecule has 0 aliphatic heterocycles. The average Bonchev–Trinajstić information content (AvgIpc) is 2.63. The molecule has 24 heavy (non-hydrogen) atoms. The molecule has 0 bridgehead atoms. The molecule has 0 atom stereocenters. The van der Waals surface area contributed by atoms with Crippen molar-refractivity contribution in [3.05, 3.63) is 59.7 Å². The third-order valence-electron chi connectivity index (χ3n) is 5.59. The van der Waals surface area contributed by atoms with E-state index in [1.54, 1.807) is 6.07 Å². The SMILES string of the molecule is C=CCCC1CCC(c2cc3ccc(CC)cc3c(F)c2F)CC1. The predicted octanol–water partition coefficient (Wildman–Crippen LogP) is 6.92. The van der Waals surface area contributed by atoms with E-state index in [1.165, 1.54) is 6.42 Å². The Morgan fingerprint density at radius 3 is 2.50 bits per heavy atom. The number of hydrogen-bond acceptors (Lipinski definition) is 0. The zero-order valence-corrected chi connectivity index (χ0v) is 14.5. The fraction of sp³-hybridized carbons (Fsp3) is 0.455. The summed E-state index contributed by atoms with van der Waals surface area (Å²) >= 11 is 0. The van der Waals surface area contributed by atoms with Crippen LogP contribution in [0.2, 0.25) is 0 Å². The van der Waals surface area contributed by atoms with E-state index in [0.29, 0.717) is 16.9 Å². The standard InChI is InChI=1S/C22H26F2/c1-3-5-6-16-8-10-17(11-9-16)20-14-18-12-7-15(4-2)13-19(18)21(23)22(20)24/h3,7,12-14,16-17H,1,4-6,8-11H2,2H3. The molecule has 2 aromatic carbocycles. The quantitative estimate of drug-likeness (QED) is 0.522. The van der Waals surface area contributed by atoms with Crippen molar-refractivity contribution in [2.75, 3.05) is 0 Å². The average molecular weight is 328 g/mol. The van der Waals surface area contributed by atoms with Crippen molar-refractivity contribution in [2.45, 2.75) is 57.8 Å². The lowest BCUT2D eigenvalue weighted by Crippen LogP contribution is -2.15. The fourth-order valence-electron chi connectivity index (χ4n) is 4.03.